The van der Waals surface area contributed by atoms with Crippen LogP contribution in [0.4, 0.5) is 4.39 Å². The molecule has 1 heterocycles. The van der Waals surface area contributed by atoms with Crippen LogP contribution in [-0.2, 0) is 6.54 Å². The zero-order valence-electron chi connectivity index (χ0n) is 10.6. The summed E-state index contributed by atoms with van der Waals surface area (Å²) in [6, 6.07) is 9.37. The normalized spacial score (nSPS) is 13.8. The number of imide groups is 1. The summed E-state index contributed by atoms with van der Waals surface area (Å²) in [6.45, 7) is 0.0243. The SMILES string of the molecule is O=C1c2cccc(I)c2C(=O)N1Cc1ccc(Cl)c(F)c1. The van der Waals surface area contributed by atoms with Gasteiger partial charge in [0, 0.05) is 3.57 Å². The zero-order valence-corrected chi connectivity index (χ0v) is 13.5. The Morgan fingerprint density at radius 1 is 1.14 bits per heavy atom. The third-order valence-corrected chi connectivity index (χ3v) is 4.48. The fraction of sp³-hybridized carbons (Fsp3) is 0.0667. The van der Waals surface area contributed by atoms with Gasteiger partial charge in [0.1, 0.15) is 5.82 Å². The van der Waals surface area contributed by atoms with Crippen LogP contribution in [-0.4, -0.2) is 16.7 Å². The molecule has 0 atom stereocenters. The predicted octanol–water partition coefficient (Wildman–Crippen LogP) is 3.88. The fourth-order valence-corrected chi connectivity index (χ4v) is 3.10. The molecule has 3 nitrogen and oxygen atoms in total. The molecule has 2 amide bonds. The minimum atomic E-state index is -0.569. The van der Waals surface area contributed by atoms with Gasteiger partial charge in [-0.2, -0.15) is 0 Å². The van der Waals surface area contributed by atoms with Gasteiger partial charge in [0.15, 0.2) is 0 Å². The summed E-state index contributed by atoms with van der Waals surface area (Å²) in [7, 11) is 0. The molecule has 0 saturated carbocycles. The van der Waals surface area contributed by atoms with Crippen LogP contribution >= 0.6 is 34.2 Å². The quantitative estimate of drug-likeness (QED) is 0.551. The van der Waals surface area contributed by atoms with Crippen LogP contribution in [0.1, 0.15) is 26.3 Å². The molecule has 0 saturated heterocycles. The molecule has 21 heavy (non-hydrogen) atoms. The van der Waals surface area contributed by atoms with E-state index in [1.54, 1.807) is 24.3 Å². The number of carbonyl (C=O) groups excluding carboxylic acids is 2. The second kappa shape index (κ2) is 5.38. The van der Waals surface area contributed by atoms with Crippen molar-refractivity contribution in [3.05, 3.63) is 67.5 Å². The van der Waals surface area contributed by atoms with Gasteiger partial charge in [0.25, 0.3) is 11.8 Å². The van der Waals surface area contributed by atoms with Crippen LogP contribution < -0.4 is 0 Å². The smallest absolute Gasteiger partial charge is 0.262 e. The van der Waals surface area contributed by atoms with Crippen molar-refractivity contribution in [2.24, 2.45) is 0 Å². The maximum atomic E-state index is 13.5. The molecule has 106 valence electrons. The van der Waals surface area contributed by atoms with E-state index in [9.17, 15) is 14.0 Å². The van der Waals surface area contributed by atoms with E-state index in [4.69, 9.17) is 11.6 Å². The summed E-state index contributed by atoms with van der Waals surface area (Å²) in [5.74, 6) is -1.28. The zero-order chi connectivity index (χ0) is 15.1. The number of fused-ring (bicyclic) bond motifs is 1. The lowest BCUT2D eigenvalue weighted by atomic mass is 10.1. The molecule has 0 unspecified atom stereocenters. The first-order valence-electron chi connectivity index (χ1n) is 6.07. The van der Waals surface area contributed by atoms with E-state index in [1.807, 2.05) is 22.6 Å². The molecule has 0 N–H and O–H groups in total. The van der Waals surface area contributed by atoms with Gasteiger partial charge in [-0.15, -0.1) is 0 Å². The molecule has 0 fully saturated rings. The fourth-order valence-electron chi connectivity index (χ4n) is 2.26. The van der Waals surface area contributed by atoms with Gasteiger partial charge in [0.05, 0.1) is 22.7 Å². The summed E-state index contributed by atoms with van der Waals surface area (Å²) in [6.07, 6.45) is 0. The van der Waals surface area contributed by atoms with Crippen LogP contribution in [0.5, 0.6) is 0 Å². The minimum absolute atomic E-state index is 0.00987. The van der Waals surface area contributed by atoms with Crippen molar-refractivity contribution in [1.29, 1.82) is 0 Å². The molecule has 3 rings (SSSR count). The molecule has 0 aliphatic carbocycles. The van der Waals surface area contributed by atoms with Crippen molar-refractivity contribution < 1.29 is 14.0 Å². The first kappa shape index (κ1) is 14.5. The van der Waals surface area contributed by atoms with Crippen molar-refractivity contribution in [1.82, 2.24) is 4.90 Å². The number of benzene rings is 2. The topological polar surface area (TPSA) is 37.4 Å². The van der Waals surface area contributed by atoms with Crippen molar-refractivity contribution in [2.75, 3.05) is 0 Å². The Kier molecular flexibility index (Phi) is 3.71. The van der Waals surface area contributed by atoms with Crippen LogP contribution in [0.15, 0.2) is 36.4 Å². The monoisotopic (exact) mass is 415 g/mol. The van der Waals surface area contributed by atoms with Crippen molar-refractivity contribution in [2.45, 2.75) is 6.54 Å². The number of amides is 2. The van der Waals surface area contributed by atoms with Crippen molar-refractivity contribution >= 4 is 46.0 Å². The molecule has 6 heteroatoms. The maximum Gasteiger partial charge on any atom is 0.262 e. The van der Waals surface area contributed by atoms with Crippen molar-refractivity contribution in [3.8, 4) is 0 Å². The Morgan fingerprint density at radius 3 is 2.57 bits per heavy atom. The molecule has 2 aromatic rings. The standard InChI is InChI=1S/C15H8ClFINO2/c16-10-5-4-8(6-11(10)17)7-19-14(20)9-2-1-3-12(18)13(9)15(19)21/h1-6H,7H2. The number of hydrogen-bond acceptors (Lipinski definition) is 2. The molecule has 0 bridgehead atoms. The Balaban J connectivity index is 1.95. The highest BCUT2D eigenvalue weighted by Gasteiger charge is 2.36. The number of halogens is 3. The Hall–Kier alpha value is -1.47. The van der Waals surface area contributed by atoms with E-state index in [2.05, 4.69) is 0 Å². The van der Waals surface area contributed by atoms with Crippen molar-refractivity contribution in [3.63, 3.8) is 0 Å². The van der Waals surface area contributed by atoms with Gasteiger partial charge in [-0.1, -0.05) is 23.7 Å². The van der Waals surface area contributed by atoms with E-state index >= 15 is 0 Å². The van der Waals surface area contributed by atoms with Gasteiger partial charge in [-0.3, -0.25) is 14.5 Å². The number of hydrogen-bond donors (Lipinski definition) is 0. The van der Waals surface area contributed by atoms with Crippen LogP contribution in [0, 0.1) is 9.39 Å². The van der Waals surface area contributed by atoms with E-state index in [-0.39, 0.29) is 23.4 Å². The Morgan fingerprint density at radius 2 is 1.90 bits per heavy atom. The average Bonchev–Trinajstić information content (AvgIpc) is 2.69. The summed E-state index contributed by atoms with van der Waals surface area (Å²) >= 11 is 7.65. The summed E-state index contributed by atoms with van der Waals surface area (Å²) < 4.78 is 14.2. The van der Waals surface area contributed by atoms with E-state index in [0.29, 0.717) is 16.7 Å². The highest BCUT2D eigenvalue weighted by Crippen LogP contribution is 2.28. The third-order valence-electron chi connectivity index (χ3n) is 3.27. The first-order chi connectivity index (χ1) is 9.99. The Labute approximate surface area is 138 Å². The summed E-state index contributed by atoms with van der Waals surface area (Å²) in [5, 5.41) is 0.00987. The highest BCUT2D eigenvalue weighted by atomic mass is 127. The van der Waals surface area contributed by atoms with Crippen LogP contribution in [0.25, 0.3) is 0 Å². The molecular weight excluding hydrogens is 408 g/mol. The van der Waals surface area contributed by atoms with Gasteiger partial charge < -0.3 is 0 Å². The highest BCUT2D eigenvalue weighted by molar-refractivity contribution is 14.1. The molecule has 0 radical (unpaired) electrons. The van der Waals surface area contributed by atoms with Crippen LogP contribution in [0.3, 0.4) is 0 Å². The maximum absolute atomic E-state index is 13.5. The van der Waals surface area contributed by atoms with Gasteiger partial charge in [-0.05, 0) is 52.4 Å². The summed E-state index contributed by atoms with van der Waals surface area (Å²) in [4.78, 5) is 25.8. The molecule has 0 aromatic heterocycles. The second-order valence-electron chi connectivity index (χ2n) is 4.61. The van der Waals surface area contributed by atoms with Gasteiger partial charge in [-0.25, -0.2) is 4.39 Å². The average molecular weight is 416 g/mol. The molecule has 1 aliphatic heterocycles. The molecule has 0 spiro atoms. The van der Waals surface area contributed by atoms with Gasteiger partial charge in [0.2, 0.25) is 0 Å². The lowest BCUT2D eigenvalue weighted by Crippen LogP contribution is -2.29. The molecular formula is C15H8ClFINO2. The summed E-state index contributed by atoms with van der Waals surface area (Å²) in [5.41, 5.74) is 1.32. The van der Waals surface area contributed by atoms with E-state index in [0.717, 1.165) is 8.47 Å². The Bertz CT molecular complexity index is 778. The van der Waals surface area contributed by atoms with E-state index < -0.39 is 5.82 Å². The lowest BCUT2D eigenvalue weighted by Gasteiger charge is -2.14. The van der Waals surface area contributed by atoms with Crippen LogP contribution in [0.2, 0.25) is 5.02 Å². The number of rotatable bonds is 2. The first-order valence-corrected chi connectivity index (χ1v) is 7.53. The lowest BCUT2D eigenvalue weighted by molar-refractivity contribution is 0.0642. The number of nitrogens with zero attached hydrogens (tertiary/aromatic N) is 1. The minimum Gasteiger partial charge on any atom is -0.270 e. The molecule has 2 aromatic carbocycles. The van der Waals surface area contributed by atoms with Gasteiger partial charge >= 0.3 is 0 Å². The largest absolute Gasteiger partial charge is 0.270 e. The predicted molar refractivity (Wildman–Crippen MR) is 84.8 cm³/mol. The van der Waals surface area contributed by atoms with E-state index in [1.165, 1.54) is 12.1 Å². The second-order valence-corrected chi connectivity index (χ2v) is 6.18. The number of carbonyl (C=O) groups is 2. The molecule has 1 aliphatic rings. The third kappa shape index (κ3) is 2.44.